The van der Waals surface area contributed by atoms with Gasteiger partial charge >= 0.3 is 0 Å². The number of carbonyl (C=O) groups excluding carboxylic acids is 1. The van der Waals surface area contributed by atoms with Crippen LogP contribution >= 0.6 is 0 Å². The van der Waals surface area contributed by atoms with Crippen molar-refractivity contribution in [2.24, 2.45) is 11.8 Å². The summed E-state index contributed by atoms with van der Waals surface area (Å²) >= 11 is 0. The Labute approximate surface area is 148 Å². The summed E-state index contributed by atoms with van der Waals surface area (Å²) in [5.41, 5.74) is 0. The SMILES string of the molecule is CCCCCCCCC1C(=O)CC[C@@H]1C/C=C/OCCC[C@@H](C)O. The van der Waals surface area contributed by atoms with Crippen LogP contribution in [0.1, 0.15) is 90.9 Å². The molecule has 1 rings (SSSR count). The van der Waals surface area contributed by atoms with Gasteiger partial charge in [-0.15, -0.1) is 0 Å². The first kappa shape index (κ1) is 21.2. The van der Waals surface area contributed by atoms with Crippen molar-refractivity contribution in [3.05, 3.63) is 12.3 Å². The smallest absolute Gasteiger partial charge is 0.136 e. The van der Waals surface area contributed by atoms with Gasteiger partial charge in [0.1, 0.15) is 5.78 Å². The van der Waals surface area contributed by atoms with E-state index in [4.69, 9.17) is 4.74 Å². The second kappa shape index (κ2) is 13.5. The summed E-state index contributed by atoms with van der Waals surface area (Å²) in [6.45, 7) is 4.70. The Balaban J connectivity index is 2.15. The highest BCUT2D eigenvalue weighted by atomic mass is 16.5. The lowest BCUT2D eigenvalue weighted by Gasteiger charge is -2.16. The quantitative estimate of drug-likeness (QED) is 0.340. The average molecular weight is 339 g/mol. The summed E-state index contributed by atoms with van der Waals surface area (Å²) in [7, 11) is 0. The molecular weight excluding hydrogens is 300 g/mol. The zero-order valence-corrected chi connectivity index (χ0v) is 15.8. The molecular formula is C21H38O3. The van der Waals surface area contributed by atoms with Crippen molar-refractivity contribution in [2.75, 3.05) is 6.61 Å². The third-order valence-corrected chi connectivity index (χ3v) is 5.13. The van der Waals surface area contributed by atoms with Gasteiger partial charge in [0.05, 0.1) is 19.0 Å². The number of carbonyl (C=O) groups is 1. The highest BCUT2D eigenvalue weighted by Gasteiger charge is 2.32. The van der Waals surface area contributed by atoms with E-state index >= 15 is 0 Å². The fraction of sp³-hybridized carbons (Fsp3) is 0.857. The largest absolute Gasteiger partial charge is 0.502 e. The molecule has 1 aliphatic rings. The molecule has 3 atom stereocenters. The van der Waals surface area contributed by atoms with Gasteiger partial charge in [-0.25, -0.2) is 0 Å². The Morgan fingerprint density at radius 2 is 1.96 bits per heavy atom. The Bertz CT molecular complexity index is 349. The Hall–Kier alpha value is -0.830. The van der Waals surface area contributed by atoms with Gasteiger partial charge in [-0.3, -0.25) is 4.79 Å². The molecule has 0 amide bonds. The molecule has 0 heterocycles. The van der Waals surface area contributed by atoms with Crippen molar-refractivity contribution in [2.45, 2.75) is 97.0 Å². The number of Topliss-reactive ketones (excluding diaryl/α,β-unsaturated/α-hetero) is 1. The fourth-order valence-corrected chi connectivity index (χ4v) is 3.63. The van der Waals surface area contributed by atoms with E-state index in [1.807, 2.05) is 0 Å². The van der Waals surface area contributed by atoms with Crippen LogP contribution in [0.5, 0.6) is 0 Å². The number of hydrogen-bond donors (Lipinski definition) is 1. The minimum Gasteiger partial charge on any atom is -0.502 e. The lowest BCUT2D eigenvalue weighted by atomic mass is 9.88. The van der Waals surface area contributed by atoms with E-state index < -0.39 is 0 Å². The van der Waals surface area contributed by atoms with Crippen LogP contribution in [0.4, 0.5) is 0 Å². The van der Waals surface area contributed by atoms with Crippen LogP contribution in [0.25, 0.3) is 0 Å². The number of ether oxygens (including phenoxy) is 1. The highest BCUT2D eigenvalue weighted by Crippen LogP contribution is 2.35. The molecule has 0 aromatic rings. The summed E-state index contributed by atoms with van der Waals surface area (Å²) in [6, 6.07) is 0. The molecule has 3 nitrogen and oxygen atoms in total. The summed E-state index contributed by atoms with van der Waals surface area (Å²) in [5.74, 6) is 1.29. The maximum absolute atomic E-state index is 12.1. The Morgan fingerprint density at radius 3 is 2.71 bits per heavy atom. The number of aliphatic hydroxyl groups excluding tert-OH is 1. The van der Waals surface area contributed by atoms with Crippen molar-refractivity contribution < 1.29 is 14.6 Å². The minimum absolute atomic E-state index is 0.246. The van der Waals surface area contributed by atoms with E-state index in [0.717, 1.165) is 38.5 Å². The van der Waals surface area contributed by atoms with Crippen molar-refractivity contribution in [3.63, 3.8) is 0 Å². The third-order valence-electron chi connectivity index (χ3n) is 5.13. The maximum Gasteiger partial charge on any atom is 0.136 e. The van der Waals surface area contributed by atoms with E-state index in [1.54, 1.807) is 13.2 Å². The van der Waals surface area contributed by atoms with Gasteiger partial charge in [-0.1, -0.05) is 45.4 Å². The van der Waals surface area contributed by atoms with Gasteiger partial charge in [0.25, 0.3) is 0 Å². The molecule has 140 valence electrons. The van der Waals surface area contributed by atoms with Gasteiger partial charge in [0, 0.05) is 12.3 Å². The molecule has 1 unspecified atom stereocenters. The number of hydrogen-bond acceptors (Lipinski definition) is 3. The zero-order chi connectivity index (χ0) is 17.6. The topological polar surface area (TPSA) is 46.5 Å². The summed E-state index contributed by atoms with van der Waals surface area (Å²) in [4.78, 5) is 12.1. The number of allylic oxidation sites excluding steroid dienone is 1. The molecule has 1 saturated carbocycles. The predicted molar refractivity (Wildman–Crippen MR) is 99.8 cm³/mol. The van der Waals surface area contributed by atoms with Crippen molar-refractivity contribution in [1.82, 2.24) is 0 Å². The molecule has 0 aliphatic heterocycles. The van der Waals surface area contributed by atoms with E-state index in [2.05, 4.69) is 13.0 Å². The monoisotopic (exact) mass is 338 g/mol. The molecule has 0 spiro atoms. The predicted octanol–water partition coefficient (Wildman–Crippen LogP) is 5.41. The molecule has 0 aromatic heterocycles. The Morgan fingerprint density at radius 1 is 1.21 bits per heavy atom. The molecule has 0 bridgehead atoms. The lowest BCUT2D eigenvalue weighted by molar-refractivity contribution is -0.121. The summed E-state index contributed by atoms with van der Waals surface area (Å²) in [6.07, 6.45) is 16.9. The van der Waals surface area contributed by atoms with Crippen LogP contribution in [0.15, 0.2) is 12.3 Å². The zero-order valence-electron chi connectivity index (χ0n) is 15.8. The summed E-state index contributed by atoms with van der Waals surface area (Å²) in [5, 5.41) is 9.18. The van der Waals surface area contributed by atoms with Crippen molar-refractivity contribution in [3.8, 4) is 0 Å². The molecule has 0 saturated heterocycles. The van der Waals surface area contributed by atoms with Crippen LogP contribution in [0.2, 0.25) is 0 Å². The molecule has 1 N–H and O–H groups in total. The average Bonchev–Trinajstić information content (AvgIpc) is 2.90. The van der Waals surface area contributed by atoms with E-state index in [1.165, 1.54) is 38.5 Å². The Kier molecular flexibility index (Phi) is 11.9. The number of aliphatic hydroxyl groups is 1. The van der Waals surface area contributed by atoms with Crippen LogP contribution in [-0.4, -0.2) is 23.6 Å². The standard InChI is InChI=1S/C21H38O3/c1-3-4-5-6-7-8-13-20-19(14-15-21(20)23)12-10-17-24-16-9-11-18(2)22/h10,17-20,22H,3-9,11-16H2,1-2H3/b17-10+/t18-,19+,20?/m1/s1. The molecule has 1 fully saturated rings. The number of unbranched alkanes of at least 4 members (excludes halogenated alkanes) is 5. The van der Waals surface area contributed by atoms with Crippen LogP contribution in [-0.2, 0) is 9.53 Å². The maximum atomic E-state index is 12.1. The molecule has 0 aromatic carbocycles. The number of rotatable bonds is 14. The first-order valence-electron chi connectivity index (χ1n) is 10.1. The first-order chi connectivity index (χ1) is 11.6. The van der Waals surface area contributed by atoms with Gasteiger partial charge in [0.2, 0.25) is 0 Å². The second-order valence-corrected chi connectivity index (χ2v) is 7.40. The van der Waals surface area contributed by atoms with Gasteiger partial charge in [-0.2, -0.15) is 0 Å². The highest BCUT2D eigenvalue weighted by molar-refractivity contribution is 5.83. The van der Waals surface area contributed by atoms with E-state index in [0.29, 0.717) is 18.3 Å². The second-order valence-electron chi connectivity index (χ2n) is 7.40. The lowest BCUT2D eigenvalue weighted by Crippen LogP contribution is -2.14. The van der Waals surface area contributed by atoms with E-state index in [9.17, 15) is 9.90 Å². The molecule has 3 heteroatoms. The minimum atomic E-state index is -0.246. The van der Waals surface area contributed by atoms with Gasteiger partial charge in [-0.05, 0) is 51.0 Å². The van der Waals surface area contributed by atoms with Crippen molar-refractivity contribution in [1.29, 1.82) is 0 Å². The summed E-state index contributed by atoms with van der Waals surface area (Å²) < 4.78 is 5.47. The number of ketones is 1. The molecule has 24 heavy (non-hydrogen) atoms. The normalized spacial score (nSPS) is 22.4. The van der Waals surface area contributed by atoms with Crippen LogP contribution < -0.4 is 0 Å². The van der Waals surface area contributed by atoms with Crippen molar-refractivity contribution >= 4 is 5.78 Å². The molecule has 0 radical (unpaired) electrons. The van der Waals surface area contributed by atoms with Crippen LogP contribution in [0.3, 0.4) is 0 Å². The van der Waals surface area contributed by atoms with E-state index in [-0.39, 0.29) is 12.0 Å². The third kappa shape index (κ3) is 9.46. The molecule has 1 aliphatic carbocycles. The first-order valence-corrected chi connectivity index (χ1v) is 10.1. The fourth-order valence-electron chi connectivity index (χ4n) is 3.63. The van der Waals surface area contributed by atoms with Gasteiger partial charge in [0.15, 0.2) is 0 Å². The van der Waals surface area contributed by atoms with Crippen LogP contribution in [0, 0.1) is 11.8 Å². The van der Waals surface area contributed by atoms with Gasteiger partial charge < -0.3 is 9.84 Å².